The molecule has 0 fully saturated rings. The number of fused-ring (bicyclic) bond motifs is 6. The molecular weight excluding hydrogens is 1130 g/mol. The Hall–Kier alpha value is 1.33. The summed E-state index contributed by atoms with van der Waals surface area (Å²) in [6.07, 6.45) is 6.75. The van der Waals surface area contributed by atoms with Crippen LogP contribution in [0.25, 0.3) is 0 Å². The van der Waals surface area contributed by atoms with Crippen LogP contribution in [0.15, 0.2) is 24.3 Å². The van der Waals surface area contributed by atoms with Crippen molar-refractivity contribution >= 4 is 146 Å². The fraction of sp³-hybridized carbons (Fsp3) is 0.500. The monoisotopic (exact) mass is 1160 g/mol. The molecule has 2 aromatic rings. The number of carbonyl (C=O) groups excluding carboxylic acids is 1. The van der Waals surface area contributed by atoms with Crippen LogP contribution in [0.1, 0.15) is 70.9 Å². The zero-order chi connectivity index (χ0) is 29.2. The van der Waals surface area contributed by atoms with Gasteiger partial charge in [0.05, 0.1) is 23.4 Å². The number of aryl methyl sites for hydroxylation is 2. The summed E-state index contributed by atoms with van der Waals surface area (Å²) in [6, 6.07) is 8.33. The molecule has 1 amide bonds. The minimum atomic E-state index is -0.700. The van der Waals surface area contributed by atoms with Crippen LogP contribution in [-0.2, 0) is 35.3 Å². The topological polar surface area (TPSA) is 98.9 Å². The molecule has 3 N–H and O–H groups in total. The fourth-order valence-electron chi connectivity index (χ4n) is 5.96. The molecule has 6 rings (SSSR count). The summed E-state index contributed by atoms with van der Waals surface area (Å²) in [6.45, 7) is 1.51. The van der Waals surface area contributed by atoms with Gasteiger partial charge >= 0.3 is 5.97 Å². The van der Waals surface area contributed by atoms with E-state index in [4.69, 9.17) is 20.3 Å². The van der Waals surface area contributed by atoms with Crippen LogP contribution < -0.4 is 15.2 Å². The molecule has 0 spiro atoms. The van der Waals surface area contributed by atoms with Gasteiger partial charge in [0.15, 0.2) is 0 Å². The van der Waals surface area contributed by atoms with Gasteiger partial charge in [-0.05, 0) is 93.1 Å². The second-order valence-corrected chi connectivity index (χ2v) is 24.7. The van der Waals surface area contributed by atoms with E-state index in [0.717, 1.165) is 63.2 Å². The van der Waals surface area contributed by atoms with E-state index in [1.54, 1.807) is 0 Å². The van der Waals surface area contributed by atoms with Gasteiger partial charge in [-0.2, -0.15) is 13.5 Å². The number of aliphatic carboxylic acids is 1. The Labute approximate surface area is 320 Å². The quantitative estimate of drug-likeness (QED) is 0.230. The van der Waals surface area contributed by atoms with Crippen LogP contribution in [0, 0.1) is 0 Å². The number of amides is 1. The zero-order valence-electron chi connectivity index (χ0n) is 22.3. The molecule has 228 valence electrons. The predicted octanol–water partition coefficient (Wildman–Crippen LogP) is 8.80. The van der Waals surface area contributed by atoms with Crippen molar-refractivity contribution in [3.05, 3.63) is 57.6 Å². The van der Waals surface area contributed by atoms with E-state index in [2.05, 4.69) is 130 Å². The van der Waals surface area contributed by atoms with Crippen molar-refractivity contribution in [2.45, 2.75) is 63.1 Å². The second-order valence-electron chi connectivity index (χ2n) is 9.63. The van der Waals surface area contributed by atoms with Gasteiger partial charge in [-0.3, -0.25) is 9.59 Å². The van der Waals surface area contributed by atoms with Crippen molar-refractivity contribution < 1.29 is 24.2 Å². The SMILES string of the molecule is IC(I)I.ICSI.NC(=O)C[C@@H]1CCc2ccc3c(c21)CCO3.O=C(O)C[C@@H]1CCc2ccc3c(c21)CCO3.S. The standard InChI is InChI=1S/C13H15NO2.C13H14O3.CHI3.CH2I2S.H2S/c2*14-12(15)7-9-2-1-8-3-4-11-10(13(8)9)5-6-16-11;2-1(3)4;2-1-4-3;/h3-4,9H,1-2,5-7H2,(H2,14,15);3-4,9H,1-2,5-7H2,(H,14,15);1H;1H2;1H2/t2*9-;;;/m00.../s1. The van der Waals surface area contributed by atoms with Crippen molar-refractivity contribution in [2.75, 3.05) is 17.0 Å². The Kier molecular flexibility index (Phi) is 18.6. The first-order valence-corrected chi connectivity index (χ1v) is 21.7. The molecule has 2 aliphatic carbocycles. The zero-order valence-corrected chi connectivity index (χ0v) is 34.9. The van der Waals surface area contributed by atoms with Gasteiger partial charge in [-0.1, -0.05) is 111 Å². The van der Waals surface area contributed by atoms with Gasteiger partial charge in [-0.25, -0.2) is 0 Å². The van der Waals surface area contributed by atoms with E-state index in [9.17, 15) is 9.59 Å². The van der Waals surface area contributed by atoms with Gasteiger partial charge < -0.3 is 20.3 Å². The lowest BCUT2D eigenvalue weighted by Crippen LogP contribution is -2.14. The van der Waals surface area contributed by atoms with Crippen LogP contribution in [0.3, 0.4) is 0 Å². The summed E-state index contributed by atoms with van der Waals surface area (Å²) in [5.74, 6) is 1.60. The number of carbonyl (C=O) groups is 2. The highest BCUT2D eigenvalue weighted by molar-refractivity contribution is 14.3. The lowest BCUT2D eigenvalue weighted by molar-refractivity contribution is -0.137. The van der Waals surface area contributed by atoms with Crippen molar-refractivity contribution in [2.24, 2.45) is 5.73 Å². The second kappa shape index (κ2) is 19.8. The molecular formula is C28H34I5NO5S2. The van der Waals surface area contributed by atoms with E-state index >= 15 is 0 Å². The number of rotatable bonds is 5. The van der Waals surface area contributed by atoms with E-state index in [1.165, 1.54) is 37.1 Å². The number of primary amides is 1. The predicted molar refractivity (Wildman–Crippen MR) is 216 cm³/mol. The molecule has 2 aliphatic heterocycles. The Morgan fingerprint density at radius 3 is 1.66 bits per heavy atom. The molecule has 2 atom stereocenters. The Balaban J connectivity index is 0.000000224. The maximum absolute atomic E-state index is 11.1. The molecule has 2 aromatic carbocycles. The Bertz CT molecular complexity index is 1100. The minimum absolute atomic E-state index is 0. The molecule has 2 heterocycles. The number of nitrogens with two attached hydrogens (primary N) is 1. The van der Waals surface area contributed by atoms with E-state index in [1.807, 2.05) is 15.0 Å². The molecule has 0 bridgehead atoms. The molecule has 13 heteroatoms. The average Bonchev–Trinajstić information content (AvgIpc) is 3.69. The van der Waals surface area contributed by atoms with Crippen LogP contribution in [0.4, 0.5) is 0 Å². The molecule has 0 saturated carbocycles. The summed E-state index contributed by atoms with van der Waals surface area (Å²) < 4.78 is 13.0. The first-order valence-electron chi connectivity index (χ1n) is 12.9. The maximum atomic E-state index is 11.1. The summed E-state index contributed by atoms with van der Waals surface area (Å²) in [5, 5.41) is 8.92. The highest BCUT2D eigenvalue weighted by Crippen LogP contribution is 2.44. The summed E-state index contributed by atoms with van der Waals surface area (Å²) in [7, 11) is 1.81. The van der Waals surface area contributed by atoms with Gasteiger partial charge in [0.2, 0.25) is 5.91 Å². The van der Waals surface area contributed by atoms with Gasteiger partial charge in [0.1, 0.15) is 11.4 Å². The minimum Gasteiger partial charge on any atom is -0.493 e. The molecule has 0 saturated heterocycles. The first-order chi connectivity index (χ1) is 19.2. The van der Waals surface area contributed by atoms with E-state index < -0.39 is 5.97 Å². The number of hydrogen-bond donors (Lipinski definition) is 2. The summed E-state index contributed by atoms with van der Waals surface area (Å²) in [5.41, 5.74) is 13.2. The largest absolute Gasteiger partial charge is 0.493 e. The van der Waals surface area contributed by atoms with Gasteiger partial charge in [0, 0.05) is 30.4 Å². The van der Waals surface area contributed by atoms with Gasteiger partial charge in [-0.15, -0.1) is 0 Å². The average molecular weight is 1160 g/mol. The number of carboxylic acid groups (broad SMARTS) is 1. The third-order valence-corrected chi connectivity index (χ3v) is 12.8. The third kappa shape index (κ3) is 11.6. The smallest absolute Gasteiger partial charge is 0.303 e. The first kappa shape index (κ1) is 38.5. The lowest BCUT2D eigenvalue weighted by Gasteiger charge is -2.12. The molecule has 41 heavy (non-hydrogen) atoms. The van der Waals surface area contributed by atoms with Crippen molar-refractivity contribution in [1.29, 1.82) is 0 Å². The number of hydrogen-bond acceptors (Lipinski definition) is 5. The number of benzene rings is 2. The molecule has 0 radical (unpaired) electrons. The van der Waals surface area contributed by atoms with E-state index in [0.29, 0.717) is 12.3 Å². The Morgan fingerprint density at radius 2 is 1.29 bits per heavy atom. The van der Waals surface area contributed by atoms with Crippen molar-refractivity contribution in [1.82, 2.24) is 0 Å². The van der Waals surface area contributed by atoms with Crippen LogP contribution in [0.5, 0.6) is 11.5 Å². The fourth-order valence-corrected chi connectivity index (χ4v) is 5.96. The maximum Gasteiger partial charge on any atom is 0.303 e. The summed E-state index contributed by atoms with van der Waals surface area (Å²) in [4.78, 5) is 21.9. The summed E-state index contributed by atoms with van der Waals surface area (Å²) >= 11 is 11.5. The molecule has 0 aromatic heterocycles. The number of ether oxygens (including phenoxy) is 2. The Morgan fingerprint density at radius 1 is 0.878 bits per heavy atom. The highest BCUT2D eigenvalue weighted by atomic mass is 127. The molecule has 4 aliphatic rings. The lowest BCUT2D eigenvalue weighted by atomic mass is 9.92. The van der Waals surface area contributed by atoms with Crippen LogP contribution >= 0.6 is 134 Å². The molecule has 6 nitrogen and oxygen atoms in total. The number of alkyl halides is 4. The third-order valence-electron chi connectivity index (χ3n) is 7.28. The van der Waals surface area contributed by atoms with Crippen LogP contribution in [-0.4, -0.2) is 33.9 Å². The normalized spacial score (nSPS) is 18.3. The number of carboxylic acids is 1. The van der Waals surface area contributed by atoms with E-state index in [-0.39, 0.29) is 31.7 Å². The number of halogens is 5. The van der Waals surface area contributed by atoms with Crippen molar-refractivity contribution in [3.8, 4) is 11.5 Å². The van der Waals surface area contributed by atoms with Crippen molar-refractivity contribution in [3.63, 3.8) is 0 Å². The van der Waals surface area contributed by atoms with Crippen LogP contribution in [0.2, 0.25) is 0 Å². The van der Waals surface area contributed by atoms with Gasteiger partial charge in [0.25, 0.3) is 0 Å². The highest BCUT2D eigenvalue weighted by Gasteiger charge is 2.31. The molecule has 0 unspecified atom stereocenters.